The second kappa shape index (κ2) is 22.0. The summed E-state index contributed by atoms with van der Waals surface area (Å²) in [4.78, 5) is 19.4. The zero-order valence-electron chi connectivity index (χ0n) is 12.2. The van der Waals surface area contributed by atoms with E-state index in [1.165, 1.54) is 0 Å². The van der Waals surface area contributed by atoms with Crippen LogP contribution in [-0.4, -0.2) is 54.2 Å². The number of aliphatic carboxylic acids is 2. The van der Waals surface area contributed by atoms with Gasteiger partial charge >= 0.3 is 41.5 Å². The first kappa shape index (κ1) is 34.4. The molecule has 0 radical (unpaired) electrons. The molecular formula is C8H17BrNaO8S4-. The van der Waals surface area contributed by atoms with E-state index in [9.17, 15) is 18.0 Å². The molecule has 0 aromatic heterocycles. The van der Waals surface area contributed by atoms with E-state index in [0.717, 1.165) is 12.5 Å². The number of alkyl halides is 1. The minimum atomic E-state index is -3.07. The van der Waals surface area contributed by atoms with E-state index in [-0.39, 0.29) is 61.6 Å². The fourth-order valence-corrected chi connectivity index (χ4v) is 2.42. The Bertz CT molecular complexity index is 443. The summed E-state index contributed by atoms with van der Waals surface area (Å²) >= 11 is 2.97. The molecule has 0 saturated heterocycles. The van der Waals surface area contributed by atoms with E-state index in [1.807, 2.05) is 0 Å². The first-order valence-corrected chi connectivity index (χ1v) is 10.8. The first-order valence-electron chi connectivity index (χ1n) is 4.77. The zero-order valence-corrected chi connectivity index (χ0v) is 19.2. The average Bonchev–Trinajstić information content (AvgIpc) is 2.13. The van der Waals surface area contributed by atoms with Crippen molar-refractivity contribution in [3.05, 3.63) is 0 Å². The van der Waals surface area contributed by atoms with E-state index in [4.69, 9.17) is 18.6 Å². The molecule has 22 heavy (non-hydrogen) atoms. The van der Waals surface area contributed by atoms with Gasteiger partial charge in [0.15, 0.2) is 8.87 Å². The number of rotatable bonds is 6. The summed E-state index contributed by atoms with van der Waals surface area (Å²) in [5, 5.41) is 16.5. The van der Waals surface area contributed by atoms with Crippen LogP contribution in [0.5, 0.6) is 0 Å². The zero-order chi connectivity index (χ0) is 16.8. The summed E-state index contributed by atoms with van der Waals surface area (Å²) in [5.41, 5.74) is 0. The van der Waals surface area contributed by atoms with Crippen molar-refractivity contribution in [3.63, 3.8) is 0 Å². The Labute approximate surface area is 172 Å². The van der Waals surface area contributed by atoms with E-state index in [0.29, 0.717) is 16.1 Å². The standard InChI is InChI=1S/C4H8O4S2.C3H5BrO2.CH3O2S.Na.H2S/c1-10(7,8)9-3-2-4(5)6;4-2-1-3(5)6;1-4(2)3;;/h2-3H2,1H3,(H,5,6);1-2H2,(H,5,6);1H3;;1H2/q;;-1;+1;/p-1. The molecule has 0 spiro atoms. The van der Waals surface area contributed by atoms with E-state index < -0.39 is 31.5 Å². The van der Waals surface area contributed by atoms with E-state index in [1.54, 1.807) is 0 Å². The summed E-state index contributed by atoms with van der Waals surface area (Å²) in [6, 6.07) is 0. The molecule has 0 unspecified atom stereocenters. The van der Waals surface area contributed by atoms with Crippen LogP contribution in [0.1, 0.15) is 12.8 Å². The van der Waals surface area contributed by atoms with Gasteiger partial charge in [-0.25, -0.2) is 8.42 Å². The molecule has 2 N–H and O–H groups in total. The topological polar surface area (TPSA) is 143 Å². The van der Waals surface area contributed by atoms with Gasteiger partial charge in [-0.15, -0.1) is 0 Å². The Morgan fingerprint density at radius 2 is 1.45 bits per heavy atom. The normalized spacial score (nSPS) is 8.91. The molecule has 0 amide bonds. The molecule has 0 bridgehead atoms. The van der Waals surface area contributed by atoms with Crippen LogP contribution >= 0.6 is 26.7 Å². The molecule has 0 aliphatic carbocycles. The Hall–Kier alpha value is 1.02. The number of carboxylic acids is 2. The number of carbonyl (C=O) groups is 2. The van der Waals surface area contributed by atoms with Gasteiger partial charge in [-0.1, -0.05) is 32.9 Å². The minimum Gasteiger partial charge on any atom is -0.813 e. The van der Waals surface area contributed by atoms with Crippen LogP contribution in [0.15, 0.2) is 0 Å². The SMILES string of the molecule is CS(=O)(=O)SCCC(=O)O.C[S-](=O)=O.O=C(O)CCBr.[Na+].[SH-]. The molecule has 0 aliphatic heterocycles. The van der Waals surface area contributed by atoms with Gasteiger partial charge in [-0.2, -0.15) is 0 Å². The van der Waals surface area contributed by atoms with E-state index >= 15 is 0 Å². The van der Waals surface area contributed by atoms with Gasteiger partial charge < -0.3 is 32.1 Å². The first-order chi connectivity index (χ1) is 8.92. The monoisotopic (exact) mass is 471 g/mol. The third-order valence-corrected chi connectivity index (χ3v) is 3.90. The largest absolute Gasteiger partial charge is 1.00 e. The van der Waals surface area contributed by atoms with Crippen molar-refractivity contribution in [2.75, 3.05) is 23.6 Å². The maximum atomic E-state index is 10.4. The third kappa shape index (κ3) is 69.4. The van der Waals surface area contributed by atoms with Crippen LogP contribution in [0.4, 0.5) is 0 Å². The number of carboxylic acid groups (broad SMARTS) is 2. The van der Waals surface area contributed by atoms with Crippen molar-refractivity contribution in [2.24, 2.45) is 0 Å². The van der Waals surface area contributed by atoms with Crippen LogP contribution in [0.25, 0.3) is 0 Å². The van der Waals surface area contributed by atoms with Crippen molar-refractivity contribution in [2.45, 2.75) is 12.8 Å². The summed E-state index contributed by atoms with van der Waals surface area (Å²) < 4.78 is 38.8. The van der Waals surface area contributed by atoms with Crippen LogP contribution in [0.2, 0.25) is 0 Å². The Balaban J connectivity index is -0.0000000697. The number of hydrogen-bond acceptors (Lipinski definition) is 9. The van der Waals surface area contributed by atoms with Gasteiger partial charge in [0.2, 0.25) is 0 Å². The predicted octanol–water partition coefficient (Wildman–Crippen LogP) is -2.33. The van der Waals surface area contributed by atoms with Crippen LogP contribution in [0, 0.1) is 0 Å². The van der Waals surface area contributed by atoms with Gasteiger partial charge in [0.25, 0.3) is 0 Å². The third-order valence-electron chi connectivity index (χ3n) is 0.922. The Morgan fingerprint density at radius 1 is 1.14 bits per heavy atom. The molecule has 0 fully saturated rings. The Morgan fingerprint density at radius 3 is 1.59 bits per heavy atom. The van der Waals surface area contributed by atoms with Gasteiger partial charge in [-0.3, -0.25) is 9.59 Å². The van der Waals surface area contributed by atoms with Crippen molar-refractivity contribution in [1.82, 2.24) is 0 Å². The van der Waals surface area contributed by atoms with Gasteiger partial charge in [0.05, 0.1) is 12.8 Å². The minimum absolute atomic E-state index is 0. The summed E-state index contributed by atoms with van der Waals surface area (Å²) in [6.45, 7) is 0. The van der Waals surface area contributed by atoms with Gasteiger partial charge in [0.1, 0.15) is 0 Å². The molecule has 0 saturated carbocycles. The Kier molecular flexibility index (Phi) is 34.4. The molecule has 0 aromatic rings. The molecule has 0 rings (SSSR count). The van der Waals surface area contributed by atoms with Crippen molar-refractivity contribution < 1.29 is 66.2 Å². The van der Waals surface area contributed by atoms with Crippen LogP contribution in [-0.2, 0) is 51.1 Å². The summed E-state index contributed by atoms with van der Waals surface area (Å²) in [5.74, 6) is -1.61. The molecule has 0 aliphatic rings. The maximum Gasteiger partial charge on any atom is 1.00 e. The average molecular weight is 472 g/mol. The quantitative estimate of drug-likeness (QED) is 0.142. The van der Waals surface area contributed by atoms with Crippen molar-refractivity contribution in [3.8, 4) is 0 Å². The fraction of sp³-hybridized carbons (Fsp3) is 0.750. The van der Waals surface area contributed by atoms with Crippen LogP contribution < -0.4 is 29.6 Å². The maximum absolute atomic E-state index is 10.4. The fourth-order valence-electron chi connectivity index (χ4n) is 0.361. The van der Waals surface area contributed by atoms with Crippen molar-refractivity contribution >= 4 is 71.7 Å². The molecule has 0 atom stereocenters. The summed E-state index contributed by atoms with van der Waals surface area (Å²) in [6.07, 6.45) is 2.23. The molecule has 0 aromatic carbocycles. The smallest absolute Gasteiger partial charge is 0.813 e. The molecule has 8 nitrogen and oxygen atoms in total. The van der Waals surface area contributed by atoms with Crippen molar-refractivity contribution in [1.29, 1.82) is 0 Å². The second-order valence-corrected chi connectivity index (χ2v) is 9.08. The number of hydrogen-bond donors (Lipinski definition) is 2. The van der Waals surface area contributed by atoms with E-state index in [2.05, 4.69) is 15.9 Å². The van der Waals surface area contributed by atoms with Gasteiger partial charge in [0, 0.05) is 17.3 Å². The molecule has 130 valence electrons. The second-order valence-electron chi connectivity index (χ2n) is 2.90. The predicted molar refractivity (Wildman–Crippen MR) is 89.0 cm³/mol. The number of halogens is 1. The molecule has 0 heterocycles. The molecular weight excluding hydrogens is 455 g/mol. The summed E-state index contributed by atoms with van der Waals surface area (Å²) in [7, 11) is -4.27. The number of thiol groups is 1. The van der Waals surface area contributed by atoms with Gasteiger partial charge in [-0.05, 0) is 10.8 Å². The van der Waals surface area contributed by atoms with Crippen LogP contribution in [0.3, 0.4) is 0 Å². The molecule has 14 heteroatoms.